The number of nitrogens with zero attached hydrogens (tertiary/aromatic N) is 2. The van der Waals surface area contributed by atoms with Gasteiger partial charge in [-0.1, -0.05) is 19.3 Å². The zero-order valence-electron chi connectivity index (χ0n) is 16.7. The van der Waals surface area contributed by atoms with Crippen molar-refractivity contribution < 1.29 is 22.7 Å². The molecule has 10 heteroatoms. The van der Waals surface area contributed by atoms with Gasteiger partial charge in [0.2, 0.25) is 0 Å². The zero-order chi connectivity index (χ0) is 20.7. The summed E-state index contributed by atoms with van der Waals surface area (Å²) in [7, 11) is -2.10. The van der Waals surface area contributed by atoms with Gasteiger partial charge in [0.25, 0.3) is 15.9 Å². The van der Waals surface area contributed by atoms with Crippen molar-refractivity contribution in [2.24, 2.45) is 13.0 Å². The third-order valence-corrected chi connectivity index (χ3v) is 6.28. The van der Waals surface area contributed by atoms with E-state index in [1.165, 1.54) is 32.4 Å². The van der Waals surface area contributed by atoms with Gasteiger partial charge in [-0.05, 0) is 32.6 Å². The Morgan fingerprint density at radius 3 is 2.61 bits per heavy atom. The van der Waals surface area contributed by atoms with Crippen LogP contribution in [0.15, 0.2) is 11.2 Å². The molecular weight excluding hydrogens is 384 g/mol. The average Bonchev–Trinajstić information content (AvgIpc) is 3.00. The molecule has 1 fully saturated rings. The van der Waals surface area contributed by atoms with E-state index < -0.39 is 22.1 Å². The minimum Gasteiger partial charge on any atom is -0.453 e. The Bertz CT molecular complexity index is 764. The molecule has 0 aromatic carbocycles. The minimum atomic E-state index is -3.79. The third-order valence-electron chi connectivity index (χ3n) is 4.95. The van der Waals surface area contributed by atoms with Crippen LogP contribution < -0.4 is 10.0 Å². The molecule has 1 heterocycles. The van der Waals surface area contributed by atoms with E-state index in [0.717, 1.165) is 12.8 Å². The Morgan fingerprint density at radius 1 is 1.32 bits per heavy atom. The number of rotatable bonds is 9. The molecule has 1 atom stereocenters. The number of carbonyl (C=O) groups excluding carboxylic acids is 2. The maximum Gasteiger partial charge on any atom is 0.307 e. The molecule has 0 radical (unpaired) electrons. The standard InChI is InChI=1S/C18H30N4O5S/c1-13(18(24)19-11-15-7-5-4-6-8-15)27-17(23)9-10-20-28(25,26)16-12-22(3)14(2)21-16/h12-13,15,20H,4-11H2,1-3H3,(H,19,24). The summed E-state index contributed by atoms with van der Waals surface area (Å²) in [6.07, 6.45) is 6.18. The number of ether oxygens (including phenoxy) is 1. The highest BCUT2D eigenvalue weighted by Gasteiger charge is 2.22. The summed E-state index contributed by atoms with van der Waals surface area (Å²) < 4.78 is 33.3. The van der Waals surface area contributed by atoms with E-state index >= 15 is 0 Å². The number of aromatic nitrogens is 2. The highest BCUT2D eigenvalue weighted by atomic mass is 32.2. The number of imidazole rings is 1. The van der Waals surface area contributed by atoms with Crippen LogP contribution >= 0.6 is 0 Å². The molecule has 1 aliphatic rings. The molecule has 28 heavy (non-hydrogen) atoms. The highest BCUT2D eigenvalue weighted by Crippen LogP contribution is 2.22. The normalized spacial score (nSPS) is 16.5. The van der Waals surface area contributed by atoms with E-state index in [2.05, 4.69) is 15.0 Å². The van der Waals surface area contributed by atoms with Gasteiger partial charge in [-0.3, -0.25) is 9.59 Å². The molecule has 9 nitrogen and oxygen atoms in total. The van der Waals surface area contributed by atoms with Gasteiger partial charge in [-0.15, -0.1) is 0 Å². The van der Waals surface area contributed by atoms with Crippen molar-refractivity contribution in [1.29, 1.82) is 0 Å². The maximum absolute atomic E-state index is 12.1. The molecule has 1 aliphatic carbocycles. The molecule has 1 saturated carbocycles. The molecular formula is C18H30N4O5S. The van der Waals surface area contributed by atoms with Crippen molar-refractivity contribution in [1.82, 2.24) is 19.6 Å². The Morgan fingerprint density at radius 2 is 2.00 bits per heavy atom. The number of nitrogens with one attached hydrogen (secondary N) is 2. The molecule has 1 aromatic rings. The number of amides is 1. The highest BCUT2D eigenvalue weighted by molar-refractivity contribution is 7.89. The molecule has 2 rings (SSSR count). The van der Waals surface area contributed by atoms with Crippen molar-refractivity contribution >= 4 is 21.9 Å². The lowest BCUT2D eigenvalue weighted by molar-refractivity contribution is -0.154. The molecule has 1 amide bonds. The predicted octanol–water partition coefficient (Wildman–Crippen LogP) is 1.03. The van der Waals surface area contributed by atoms with Crippen LogP contribution in [0, 0.1) is 12.8 Å². The van der Waals surface area contributed by atoms with Crippen LogP contribution in [-0.4, -0.2) is 49.0 Å². The number of hydrogen-bond donors (Lipinski definition) is 2. The molecule has 0 bridgehead atoms. The van der Waals surface area contributed by atoms with Crippen LogP contribution in [0.5, 0.6) is 0 Å². The van der Waals surface area contributed by atoms with E-state index in [0.29, 0.717) is 18.3 Å². The van der Waals surface area contributed by atoms with Crippen molar-refractivity contribution in [3.8, 4) is 0 Å². The van der Waals surface area contributed by atoms with E-state index in [4.69, 9.17) is 4.74 Å². The van der Waals surface area contributed by atoms with Crippen molar-refractivity contribution in [2.75, 3.05) is 13.1 Å². The fourth-order valence-corrected chi connectivity index (χ4v) is 4.17. The minimum absolute atomic E-state index is 0.101. The Balaban J connectivity index is 1.70. The van der Waals surface area contributed by atoms with Crippen LogP contribution in [0.1, 0.15) is 51.3 Å². The molecule has 0 saturated heterocycles. The van der Waals surface area contributed by atoms with Gasteiger partial charge in [0.15, 0.2) is 11.1 Å². The lowest BCUT2D eigenvalue weighted by atomic mass is 9.89. The summed E-state index contributed by atoms with van der Waals surface area (Å²) in [4.78, 5) is 27.9. The van der Waals surface area contributed by atoms with Crippen LogP contribution in [0.3, 0.4) is 0 Å². The lowest BCUT2D eigenvalue weighted by Gasteiger charge is -2.22. The summed E-state index contributed by atoms with van der Waals surface area (Å²) in [6, 6.07) is 0. The monoisotopic (exact) mass is 414 g/mol. The summed E-state index contributed by atoms with van der Waals surface area (Å²) in [5.74, 6) is 0.0850. The topological polar surface area (TPSA) is 119 Å². The first kappa shape index (κ1) is 22.4. The first-order chi connectivity index (χ1) is 13.2. The molecule has 0 aliphatic heterocycles. The predicted molar refractivity (Wildman–Crippen MR) is 103 cm³/mol. The Kier molecular flexibility index (Phi) is 7.99. The van der Waals surface area contributed by atoms with Crippen molar-refractivity contribution in [2.45, 2.75) is 63.5 Å². The second-order valence-electron chi connectivity index (χ2n) is 7.27. The third kappa shape index (κ3) is 6.59. The first-order valence-corrected chi connectivity index (χ1v) is 11.1. The van der Waals surface area contributed by atoms with Gasteiger partial charge < -0.3 is 14.6 Å². The molecule has 158 valence electrons. The van der Waals surface area contributed by atoms with Crippen molar-refractivity contribution in [3.63, 3.8) is 0 Å². The number of aryl methyl sites for hydroxylation is 2. The molecule has 1 aromatic heterocycles. The van der Waals surface area contributed by atoms with Crippen molar-refractivity contribution in [3.05, 3.63) is 12.0 Å². The second-order valence-corrected chi connectivity index (χ2v) is 8.98. The van der Waals surface area contributed by atoms with Gasteiger partial charge in [0, 0.05) is 26.3 Å². The van der Waals surface area contributed by atoms with Crippen LogP contribution in [0.2, 0.25) is 0 Å². The van der Waals surface area contributed by atoms with Gasteiger partial charge >= 0.3 is 5.97 Å². The SMILES string of the molecule is Cc1nc(S(=O)(=O)NCCC(=O)OC(C)C(=O)NCC2CCCCC2)cn1C. The average molecular weight is 415 g/mol. The fourth-order valence-electron chi connectivity index (χ4n) is 3.11. The maximum atomic E-state index is 12.1. The number of carbonyl (C=O) groups is 2. The summed E-state index contributed by atoms with van der Waals surface area (Å²) in [6.45, 7) is 3.67. The molecule has 0 spiro atoms. The fraction of sp³-hybridized carbons (Fsp3) is 0.722. The molecule has 1 unspecified atom stereocenters. The van der Waals surface area contributed by atoms with Gasteiger partial charge in [0.05, 0.1) is 6.42 Å². The van der Waals surface area contributed by atoms with Crippen LogP contribution in [0.25, 0.3) is 0 Å². The Hall–Kier alpha value is -1.94. The van der Waals surface area contributed by atoms with E-state index in [1.807, 2.05) is 0 Å². The Labute approximate surface area is 166 Å². The van der Waals surface area contributed by atoms with Gasteiger partial charge in [0.1, 0.15) is 5.82 Å². The first-order valence-electron chi connectivity index (χ1n) is 9.66. The van der Waals surface area contributed by atoms with E-state index in [-0.39, 0.29) is 23.9 Å². The molecule has 2 N–H and O–H groups in total. The van der Waals surface area contributed by atoms with Gasteiger partial charge in [-0.25, -0.2) is 18.1 Å². The number of sulfonamides is 1. The number of esters is 1. The zero-order valence-corrected chi connectivity index (χ0v) is 17.5. The quantitative estimate of drug-likeness (QED) is 0.583. The van der Waals surface area contributed by atoms with E-state index in [1.54, 1.807) is 18.5 Å². The summed E-state index contributed by atoms with van der Waals surface area (Å²) in [5.41, 5.74) is 0. The lowest BCUT2D eigenvalue weighted by Crippen LogP contribution is -2.39. The van der Waals surface area contributed by atoms with E-state index in [9.17, 15) is 18.0 Å². The largest absolute Gasteiger partial charge is 0.453 e. The van der Waals surface area contributed by atoms with Crippen LogP contribution in [-0.2, 0) is 31.4 Å². The second kappa shape index (κ2) is 10.0. The summed E-state index contributed by atoms with van der Waals surface area (Å²) >= 11 is 0. The van der Waals surface area contributed by atoms with Crippen LogP contribution in [0.4, 0.5) is 0 Å². The van der Waals surface area contributed by atoms with Gasteiger partial charge in [-0.2, -0.15) is 0 Å². The smallest absolute Gasteiger partial charge is 0.307 e. The number of hydrogen-bond acceptors (Lipinski definition) is 6. The summed E-state index contributed by atoms with van der Waals surface area (Å²) in [5, 5.41) is 2.73.